The average Bonchev–Trinajstić information content (AvgIpc) is 2.77. The van der Waals surface area contributed by atoms with E-state index in [4.69, 9.17) is 5.11 Å². The Morgan fingerprint density at radius 1 is 1.41 bits per heavy atom. The van der Waals surface area contributed by atoms with Crippen LogP contribution in [0.3, 0.4) is 0 Å². The minimum Gasteiger partial charge on any atom is -0.480 e. The molecule has 0 aromatic rings. The summed E-state index contributed by atoms with van der Waals surface area (Å²) in [5.74, 6) is -0.912. The molecule has 1 saturated heterocycles. The Hall–Kier alpha value is -1.30. The van der Waals surface area contributed by atoms with E-state index in [1.807, 2.05) is 6.92 Å². The fourth-order valence-electron chi connectivity index (χ4n) is 1.95. The van der Waals surface area contributed by atoms with E-state index in [1.54, 1.807) is 0 Å². The van der Waals surface area contributed by atoms with Gasteiger partial charge < -0.3 is 20.6 Å². The maximum absolute atomic E-state index is 11.7. The molecular weight excluding hydrogens is 222 g/mol. The highest BCUT2D eigenvalue weighted by Crippen LogP contribution is 2.17. The number of carboxylic acid groups (broad SMARTS) is 1. The molecule has 0 unspecified atom stereocenters. The molecule has 6 heteroatoms. The molecule has 0 radical (unpaired) electrons. The van der Waals surface area contributed by atoms with Crippen LogP contribution in [0.15, 0.2) is 0 Å². The van der Waals surface area contributed by atoms with Crippen LogP contribution in [-0.4, -0.2) is 54.2 Å². The van der Waals surface area contributed by atoms with Crippen LogP contribution < -0.4 is 10.6 Å². The largest absolute Gasteiger partial charge is 0.480 e. The van der Waals surface area contributed by atoms with Crippen molar-refractivity contribution >= 4 is 12.0 Å². The highest BCUT2D eigenvalue weighted by Gasteiger charge is 2.33. The molecule has 0 aromatic heterocycles. The Bertz CT molecular complexity index is 271. The van der Waals surface area contributed by atoms with Crippen molar-refractivity contribution in [2.45, 2.75) is 32.2 Å². The SMILES string of the molecule is CCNCCCNC(=O)N1CCC[C@@H]1C(=O)O. The van der Waals surface area contributed by atoms with Gasteiger partial charge in [-0.3, -0.25) is 0 Å². The van der Waals surface area contributed by atoms with Gasteiger partial charge in [-0.15, -0.1) is 0 Å². The molecule has 1 fully saturated rings. The summed E-state index contributed by atoms with van der Waals surface area (Å²) < 4.78 is 0. The number of hydrogen-bond acceptors (Lipinski definition) is 3. The number of likely N-dealkylation sites (tertiary alicyclic amines) is 1. The van der Waals surface area contributed by atoms with Crippen LogP contribution in [0.4, 0.5) is 4.79 Å². The van der Waals surface area contributed by atoms with Crippen LogP contribution in [-0.2, 0) is 4.79 Å². The summed E-state index contributed by atoms with van der Waals surface area (Å²) >= 11 is 0. The lowest BCUT2D eigenvalue weighted by molar-refractivity contribution is -0.141. The fraction of sp³-hybridized carbons (Fsp3) is 0.818. The third kappa shape index (κ3) is 4.22. The molecule has 0 saturated carbocycles. The summed E-state index contributed by atoms with van der Waals surface area (Å²) in [5.41, 5.74) is 0. The second-order valence-corrected chi connectivity index (χ2v) is 4.13. The minimum absolute atomic E-state index is 0.258. The van der Waals surface area contributed by atoms with E-state index >= 15 is 0 Å². The first kappa shape index (κ1) is 13.8. The second-order valence-electron chi connectivity index (χ2n) is 4.13. The molecule has 2 amide bonds. The molecule has 1 atom stereocenters. The topological polar surface area (TPSA) is 81.7 Å². The summed E-state index contributed by atoms with van der Waals surface area (Å²) in [5, 5.41) is 14.9. The van der Waals surface area contributed by atoms with E-state index in [1.165, 1.54) is 4.90 Å². The van der Waals surface area contributed by atoms with Crippen molar-refractivity contribution in [2.24, 2.45) is 0 Å². The smallest absolute Gasteiger partial charge is 0.326 e. The predicted molar refractivity (Wildman–Crippen MR) is 63.9 cm³/mol. The lowest BCUT2D eigenvalue weighted by Gasteiger charge is -2.21. The Labute approximate surface area is 101 Å². The molecular formula is C11H21N3O3. The molecule has 1 heterocycles. The van der Waals surface area contributed by atoms with E-state index < -0.39 is 12.0 Å². The van der Waals surface area contributed by atoms with Crippen molar-refractivity contribution in [1.82, 2.24) is 15.5 Å². The van der Waals surface area contributed by atoms with Crippen LogP contribution in [0.5, 0.6) is 0 Å². The van der Waals surface area contributed by atoms with Gasteiger partial charge >= 0.3 is 12.0 Å². The molecule has 0 aliphatic carbocycles. The third-order valence-corrected chi connectivity index (χ3v) is 2.86. The number of amides is 2. The van der Waals surface area contributed by atoms with E-state index in [0.717, 1.165) is 25.9 Å². The molecule has 6 nitrogen and oxygen atoms in total. The Morgan fingerprint density at radius 2 is 2.18 bits per heavy atom. The molecule has 0 aromatic carbocycles. The number of nitrogens with zero attached hydrogens (tertiary/aromatic N) is 1. The summed E-state index contributed by atoms with van der Waals surface area (Å²) in [7, 11) is 0. The average molecular weight is 243 g/mol. The summed E-state index contributed by atoms with van der Waals surface area (Å²) in [6, 6.07) is -0.907. The Kier molecular flexibility index (Phi) is 5.76. The third-order valence-electron chi connectivity index (χ3n) is 2.86. The van der Waals surface area contributed by atoms with Crippen molar-refractivity contribution < 1.29 is 14.7 Å². The summed E-state index contributed by atoms with van der Waals surface area (Å²) in [6.07, 6.45) is 2.17. The Balaban J connectivity index is 2.25. The molecule has 0 spiro atoms. The predicted octanol–water partition coefficient (Wildman–Crippen LogP) is 0.245. The zero-order valence-electron chi connectivity index (χ0n) is 10.2. The molecule has 1 rings (SSSR count). The number of urea groups is 1. The summed E-state index contributed by atoms with van der Waals surface area (Å²) in [4.78, 5) is 24.0. The number of carbonyl (C=O) groups excluding carboxylic acids is 1. The van der Waals surface area contributed by atoms with Crippen LogP contribution in [0.25, 0.3) is 0 Å². The molecule has 1 aliphatic rings. The van der Waals surface area contributed by atoms with Crippen LogP contribution in [0.1, 0.15) is 26.2 Å². The van der Waals surface area contributed by atoms with Crippen molar-refractivity contribution in [2.75, 3.05) is 26.2 Å². The van der Waals surface area contributed by atoms with Gasteiger partial charge in [0, 0.05) is 13.1 Å². The number of aliphatic carboxylic acids is 1. The number of rotatable bonds is 6. The maximum atomic E-state index is 11.7. The van der Waals surface area contributed by atoms with Gasteiger partial charge in [-0.2, -0.15) is 0 Å². The van der Waals surface area contributed by atoms with Gasteiger partial charge in [0.2, 0.25) is 0 Å². The van der Waals surface area contributed by atoms with Gasteiger partial charge in [0.15, 0.2) is 0 Å². The Morgan fingerprint density at radius 3 is 2.82 bits per heavy atom. The van der Waals surface area contributed by atoms with E-state index in [0.29, 0.717) is 19.5 Å². The highest BCUT2D eigenvalue weighted by molar-refractivity contribution is 5.83. The fourth-order valence-corrected chi connectivity index (χ4v) is 1.95. The highest BCUT2D eigenvalue weighted by atomic mass is 16.4. The molecule has 3 N–H and O–H groups in total. The van der Waals surface area contributed by atoms with Gasteiger partial charge in [0.1, 0.15) is 6.04 Å². The molecule has 98 valence electrons. The van der Waals surface area contributed by atoms with Crippen LogP contribution in [0.2, 0.25) is 0 Å². The van der Waals surface area contributed by atoms with Crippen molar-refractivity contribution in [3.8, 4) is 0 Å². The van der Waals surface area contributed by atoms with E-state index in [-0.39, 0.29) is 6.03 Å². The normalized spacial score (nSPS) is 19.4. The van der Waals surface area contributed by atoms with Crippen molar-refractivity contribution in [1.29, 1.82) is 0 Å². The standard InChI is InChI=1S/C11H21N3O3/c1-2-12-6-4-7-13-11(17)14-8-3-5-9(14)10(15)16/h9,12H,2-8H2,1H3,(H,13,17)(H,15,16)/t9-/m1/s1. The monoisotopic (exact) mass is 243 g/mol. The number of carbonyl (C=O) groups is 2. The molecule has 0 bridgehead atoms. The van der Waals surface area contributed by atoms with Crippen molar-refractivity contribution in [3.63, 3.8) is 0 Å². The van der Waals surface area contributed by atoms with Gasteiger partial charge in [-0.1, -0.05) is 6.92 Å². The first-order chi connectivity index (χ1) is 8.16. The second kappa shape index (κ2) is 7.11. The minimum atomic E-state index is -0.912. The first-order valence-corrected chi connectivity index (χ1v) is 6.14. The van der Waals surface area contributed by atoms with E-state index in [2.05, 4.69) is 10.6 Å². The van der Waals surface area contributed by atoms with Gasteiger partial charge in [-0.05, 0) is 32.4 Å². The summed E-state index contributed by atoms with van der Waals surface area (Å²) in [6.45, 7) is 4.92. The maximum Gasteiger partial charge on any atom is 0.326 e. The van der Waals surface area contributed by atoms with E-state index in [9.17, 15) is 9.59 Å². The van der Waals surface area contributed by atoms with Gasteiger partial charge in [0.25, 0.3) is 0 Å². The number of carboxylic acids is 1. The lowest BCUT2D eigenvalue weighted by Crippen LogP contribution is -2.46. The van der Waals surface area contributed by atoms with Gasteiger partial charge in [0.05, 0.1) is 0 Å². The molecule has 17 heavy (non-hydrogen) atoms. The quantitative estimate of drug-likeness (QED) is 0.584. The van der Waals surface area contributed by atoms with Gasteiger partial charge in [-0.25, -0.2) is 9.59 Å². The zero-order valence-corrected chi connectivity index (χ0v) is 10.2. The number of hydrogen-bond donors (Lipinski definition) is 3. The molecule has 1 aliphatic heterocycles. The first-order valence-electron chi connectivity index (χ1n) is 6.14. The van der Waals surface area contributed by atoms with Crippen LogP contribution in [0, 0.1) is 0 Å². The lowest BCUT2D eigenvalue weighted by atomic mass is 10.2. The zero-order chi connectivity index (χ0) is 12.7. The van der Waals surface area contributed by atoms with Crippen molar-refractivity contribution in [3.05, 3.63) is 0 Å². The van der Waals surface area contributed by atoms with Crippen LogP contribution >= 0.6 is 0 Å². The number of nitrogens with one attached hydrogen (secondary N) is 2.